The molecule has 98 valence electrons. The zero-order chi connectivity index (χ0) is 12.3. The number of morpholine rings is 1. The van der Waals surface area contributed by atoms with Gasteiger partial charge in [0.1, 0.15) is 11.1 Å². The van der Waals surface area contributed by atoms with Crippen LogP contribution in [0.5, 0.6) is 0 Å². The highest BCUT2D eigenvalue weighted by atomic mass is 32.1. The first-order chi connectivity index (χ1) is 8.20. The van der Waals surface area contributed by atoms with Gasteiger partial charge in [0, 0.05) is 26.2 Å². The van der Waals surface area contributed by atoms with Crippen molar-refractivity contribution in [3.05, 3.63) is 0 Å². The maximum absolute atomic E-state index is 5.67. The number of thiocarbonyl (C=S) groups is 1. The number of nitrogens with zero attached hydrogens (tertiary/aromatic N) is 1. The molecule has 1 aliphatic carbocycles. The second-order valence-corrected chi connectivity index (χ2v) is 5.41. The first-order valence-corrected chi connectivity index (χ1v) is 6.79. The van der Waals surface area contributed by atoms with Crippen LogP contribution in [-0.2, 0) is 9.47 Å². The van der Waals surface area contributed by atoms with Crippen molar-refractivity contribution in [2.75, 3.05) is 26.8 Å². The smallest absolute Gasteiger partial charge is 0.120 e. The van der Waals surface area contributed by atoms with Gasteiger partial charge in [-0.15, -0.1) is 0 Å². The van der Waals surface area contributed by atoms with E-state index in [9.17, 15) is 0 Å². The van der Waals surface area contributed by atoms with Gasteiger partial charge >= 0.3 is 0 Å². The number of methoxy groups -OCH3 is 1. The van der Waals surface area contributed by atoms with Crippen molar-refractivity contribution in [3.63, 3.8) is 0 Å². The lowest BCUT2D eigenvalue weighted by Crippen LogP contribution is -2.52. The van der Waals surface area contributed by atoms with Crippen LogP contribution in [0.3, 0.4) is 0 Å². The largest absolute Gasteiger partial charge is 0.391 e. The van der Waals surface area contributed by atoms with Gasteiger partial charge in [-0.2, -0.15) is 0 Å². The summed E-state index contributed by atoms with van der Waals surface area (Å²) >= 11 is 5.02. The van der Waals surface area contributed by atoms with Crippen LogP contribution in [0.25, 0.3) is 0 Å². The molecule has 0 bridgehead atoms. The van der Waals surface area contributed by atoms with Crippen molar-refractivity contribution in [3.8, 4) is 0 Å². The Bertz CT molecular complexity index is 275. The van der Waals surface area contributed by atoms with Crippen molar-refractivity contribution in [1.29, 1.82) is 0 Å². The summed E-state index contributed by atoms with van der Waals surface area (Å²) in [5.74, 6) is 0. The molecular weight excluding hydrogens is 236 g/mol. The molecule has 1 saturated carbocycles. The van der Waals surface area contributed by atoms with Crippen molar-refractivity contribution in [1.82, 2.24) is 4.90 Å². The molecule has 0 radical (unpaired) electrons. The molecule has 2 N–H and O–H groups in total. The molecule has 2 fully saturated rings. The van der Waals surface area contributed by atoms with E-state index >= 15 is 0 Å². The van der Waals surface area contributed by atoms with Crippen LogP contribution in [0.2, 0.25) is 0 Å². The van der Waals surface area contributed by atoms with Crippen LogP contribution in [0.15, 0.2) is 0 Å². The van der Waals surface area contributed by atoms with E-state index in [1.165, 1.54) is 19.3 Å². The molecule has 0 aromatic rings. The van der Waals surface area contributed by atoms with Gasteiger partial charge in [0.15, 0.2) is 0 Å². The number of hydrogen-bond donors (Lipinski definition) is 1. The summed E-state index contributed by atoms with van der Waals surface area (Å²) in [6.07, 6.45) is 5.17. The summed E-state index contributed by atoms with van der Waals surface area (Å²) in [7, 11) is 1.81. The topological polar surface area (TPSA) is 47.7 Å². The second-order valence-electron chi connectivity index (χ2n) is 4.93. The van der Waals surface area contributed by atoms with Crippen molar-refractivity contribution in [2.24, 2.45) is 5.73 Å². The summed E-state index contributed by atoms with van der Waals surface area (Å²) in [5.41, 5.74) is 5.67. The van der Waals surface area contributed by atoms with Crippen LogP contribution < -0.4 is 5.73 Å². The van der Waals surface area contributed by atoms with E-state index in [0.717, 1.165) is 26.1 Å². The lowest BCUT2D eigenvalue weighted by Gasteiger charge is -2.41. The lowest BCUT2D eigenvalue weighted by atomic mass is 9.91. The highest BCUT2D eigenvalue weighted by Crippen LogP contribution is 2.26. The lowest BCUT2D eigenvalue weighted by molar-refractivity contribution is -0.0364. The van der Waals surface area contributed by atoms with Crippen LogP contribution >= 0.6 is 12.2 Å². The van der Waals surface area contributed by atoms with Gasteiger partial charge in [-0.05, 0) is 25.7 Å². The van der Waals surface area contributed by atoms with Crippen molar-refractivity contribution >= 4 is 17.2 Å². The average molecular weight is 258 g/mol. The molecular formula is C12H22N2O2S. The van der Waals surface area contributed by atoms with Gasteiger partial charge in [-0.25, -0.2) is 0 Å². The fourth-order valence-corrected chi connectivity index (χ4v) is 2.98. The third-order valence-corrected chi connectivity index (χ3v) is 4.13. The normalized spacial score (nSPS) is 35.7. The fourth-order valence-electron chi connectivity index (χ4n) is 2.84. The van der Waals surface area contributed by atoms with Gasteiger partial charge < -0.3 is 15.2 Å². The minimum atomic E-state index is -0.0679. The molecule has 0 spiro atoms. The maximum Gasteiger partial charge on any atom is 0.120 e. The van der Waals surface area contributed by atoms with E-state index in [0.29, 0.717) is 17.1 Å². The van der Waals surface area contributed by atoms with E-state index in [4.69, 9.17) is 27.4 Å². The Kier molecular flexibility index (Phi) is 4.73. The van der Waals surface area contributed by atoms with Gasteiger partial charge in [-0.3, -0.25) is 4.90 Å². The molecule has 2 aliphatic rings. The molecule has 3 atom stereocenters. The number of hydrogen-bond acceptors (Lipinski definition) is 4. The van der Waals surface area contributed by atoms with E-state index in [1.807, 2.05) is 7.11 Å². The number of ether oxygens (including phenoxy) is 2. The zero-order valence-corrected chi connectivity index (χ0v) is 11.2. The molecule has 2 rings (SSSR count). The Morgan fingerprint density at radius 1 is 1.47 bits per heavy atom. The van der Waals surface area contributed by atoms with Crippen LogP contribution in [0, 0.1) is 0 Å². The monoisotopic (exact) mass is 258 g/mol. The summed E-state index contributed by atoms with van der Waals surface area (Å²) in [6.45, 7) is 2.56. The standard InChI is InChI=1S/C12H22N2O2S/c1-15-10-4-2-3-9(7-10)14-5-6-16-11(8-14)12(13)17/h9-11H,2-8H2,1H3,(H2,13,17). The summed E-state index contributed by atoms with van der Waals surface area (Å²) in [5, 5.41) is 0. The Morgan fingerprint density at radius 2 is 2.29 bits per heavy atom. The van der Waals surface area contributed by atoms with E-state index in [1.54, 1.807) is 0 Å². The molecule has 1 aliphatic heterocycles. The van der Waals surface area contributed by atoms with Crippen molar-refractivity contribution < 1.29 is 9.47 Å². The third kappa shape index (κ3) is 3.37. The third-order valence-electron chi connectivity index (χ3n) is 3.86. The predicted octanol–water partition coefficient (Wildman–Crippen LogP) is 0.931. The molecule has 1 saturated heterocycles. The number of nitrogens with two attached hydrogens (primary N) is 1. The predicted molar refractivity (Wildman–Crippen MR) is 71.2 cm³/mol. The average Bonchev–Trinajstić information content (AvgIpc) is 2.39. The van der Waals surface area contributed by atoms with Crippen LogP contribution in [0.1, 0.15) is 25.7 Å². The van der Waals surface area contributed by atoms with Crippen molar-refractivity contribution in [2.45, 2.75) is 43.9 Å². The van der Waals surface area contributed by atoms with Gasteiger partial charge in [0.25, 0.3) is 0 Å². The SMILES string of the molecule is COC1CCCC(N2CCOC(C(N)=S)C2)C1. The molecule has 3 unspecified atom stereocenters. The van der Waals surface area contributed by atoms with Gasteiger partial charge in [0.05, 0.1) is 12.7 Å². The van der Waals surface area contributed by atoms with Gasteiger partial charge in [-0.1, -0.05) is 12.2 Å². The first kappa shape index (κ1) is 13.2. The van der Waals surface area contributed by atoms with E-state index in [-0.39, 0.29) is 6.10 Å². The fraction of sp³-hybridized carbons (Fsp3) is 0.917. The summed E-state index contributed by atoms with van der Waals surface area (Å²) in [4.78, 5) is 2.95. The molecule has 0 aromatic heterocycles. The summed E-state index contributed by atoms with van der Waals surface area (Å²) < 4.78 is 11.1. The summed E-state index contributed by atoms with van der Waals surface area (Å²) in [6, 6.07) is 0.606. The Morgan fingerprint density at radius 3 is 3.00 bits per heavy atom. The van der Waals surface area contributed by atoms with Crippen LogP contribution in [0.4, 0.5) is 0 Å². The Labute approximate surface area is 108 Å². The Hall–Kier alpha value is -0.230. The molecule has 0 amide bonds. The molecule has 1 heterocycles. The molecule has 0 aromatic carbocycles. The highest BCUT2D eigenvalue weighted by molar-refractivity contribution is 7.80. The minimum Gasteiger partial charge on any atom is -0.391 e. The molecule has 17 heavy (non-hydrogen) atoms. The van der Waals surface area contributed by atoms with E-state index < -0.39 is 0 Å². The highest BCUT2D eigenvalue weighted by Gasteiger charge is 2.31. The number of rotatable bonds is 3. The first-order valence-electron chi connectivity index (χ1n) is 6.38. The minimum absolute atomic E-state index is 0.0679. The van der Waals surface area contributed by atoms with E-state index in [2.05, 4.69) is 4.90 Å². The Balaban J connectivity index is 1.90. The molecule has 5 heteroatoms. The zero-order valence-electron chi connectivity index (χ0n) is 10.4. The second kappa shape index (κ2) is 6.09. The molecule has 4 nitrogen and oxygen atoms in total. The quantitative estimate of drug-likeness (QED) is 0.763. The maximum atomic E-state index is 5.67. The van der Waals surface area contributed by atoms with Gasteiger partial charge in [0.2, 0.25) is 0 Å². The van der Waals surface area contributed by atoms with Crippen LogP contribution in [-0.4, -0.2) is 54.9 Å².